The molecule has 0 bridgehead atoms. The van der Waals surface area contributed by atoms with Gasteiger partial charge in [0.25, 0.3) is 0 Å². The minimum atomic E-state index is -2.23. The van der Waals surface area contributed by atoms with Crippen molar-refractivity contribution in [2.24, 2.45) is 0 Å². The Labute approximate surface area is 79.5 Å². The summed E-state index contributed by atoms with van der Waals surface area (Å²) in [5.74, 6) is -3.02. The summed E-state index contributed by atoms with van der Waals surface area (Å²) in [6.45, 7) is 0.968. The van der Waals surface area contributed by atoms with E-state index in [9.17, 15) is 9.59 Å². The molecular formula is C7H12O7. The molecule has 7 nitrogen and oxygen atoms in total. The first kappa shape index (κ1) is 12.8. The van der Waals surface area contributed by atoms with Crippen molar-refractivity contribution in [2.45, 2.75) is 25.2 Å². The van der Waals surface area contributed by atoms with E-state index in [4.69, 9.17) is 20.4 Å². The zero-order valence-corrected chi connectivity index (χ0v) is 7.45. The summed E-state index contributed by atoms with van der Waals surface area (Å²) in [4.78, 5) is 20.9. The molecule has 14 heavy (non-hydrogen) atoms. The first-order chi connectivity index (χ1) is 6.36. The number of carboxylic acid groups (broad SMARTS) is 1. The van der Waals surface area contributed by atoms with Gasteiger partial charge in [-0.15, -0.1) is 0 Å². The molecule has 0 aromatic rings. The second kappa shape index (κ2) is 5.53. The van der Waals surface area contributed by atoms with E-state index in [-0.39, 0.29) is 6.61 Å². The van der Waals surface area contributed by atoms with Gasteiger partial charge in [0.1, 0.15) is 6.61 Å². The first-order valence-electron chi connectivity index (χ1n) is 3.80. The Morgan fingerprint density at radius 3 is 2.07 bits per heavy atom. The normalized spacial score (nSPS) is 16.9. The maximum atomic E-state index is 10.8. The van der Waals surface area contributed by atoms with Crippen molar-refractivity contribution in [3.8, 4) is 0 Å². The highest BCUT2D eigenvalue weighted by molar-refractivity contribution is 5.84. The number of hydrogen-bond donors (Lipinski definition) is 4. The standard InChI is InChI=1S/C7H12O7/c1-3(8)2-14-7(13)5(10)4(9)6(11)12/h3-5,8-10H,2H2,1H3,(H,11,12). The van der Waals surface area contributed by atoms with Crippen LogP contribution in [0.4, 0.5) is 0 Å². The van der Waals surface area contributed by atoms with Crippen molar-refractivity contribution >= 4 is 11.9 Å². The molecule has 0 aliphatic heterocycles. The Balaban J connectivity index is 4.05. The molecule has 0 spiro atoms. The lowest BCUT2D eigenvalue weighted by atomic mass is 10.2. The molecule has 82 valence electrons. The summed E-state index contributed by atoms with van der Waals surface area (Å²) in [5.41, 5.74) is 0. The summed E-state index contributed by atoms with van der Waals surface area (Å²) in [6, 6.07) is 0. The number of aliphatic hydroxyl groups excluding tert-OH is 3. The number of esters is 1. The minimum absolute atomic E-state index is 0.373. The lowest BCUT2D eigenvalue weighted by molar-refractivity contribution is -0.171. The Kier molecular flexibility index (Phi) is 5.06. The quantitative estimate of drug-likeness (QED) is 0.375. The molecule has 0 aromatic carbocycles. The van der Waals surface area contributed by atoms with E-state index in [2.05, 4.69) is 4.74 Å². The molecule has 0 rings (SSSR count). The van der Waals surface area contributed by atoms with Gasteiger partial charge in [-0.25, -0.2) is 9.59 Å². The summed E-state index contributed by atoms with van der Waals surface area (Å²) < 4.78 is 4.27. The van der Waals surface area contributed by atoms with E-state index in [0.29, 0.717) is 0 Å². The molecule has 0 aromatic heterocycles. The molecule has 7 heteroatoms. The molecule has 3 unspecified atom stereocenters. The van der Waals surface area contributed by atoms with Crippen LogP contribution in [-0.2, 0) is 14.3 Å². The molecule has 0 radical (unpaired) electrons. The van der Waals surface area contributed by atoms with Crippen LogP contribution in [0.15, 0.2) is 0 Å². The van der Waals surface area contributed by atoms with Gasteiger partial charge >= 0.3 is 11.9 Å². The van der Waals surface area contributed by atoms with Crippen LogP contribution in [-0.4, -0.2) is 57.3 Å². The smallest absolute Gasteiger partial charge is 0.338 e. The van der Waals surface area contributed by atoms with E-state index in [1.54, 1.807) is 0 Å². The van der Waals surface area contributed by atoms with E-state index in [1.807, 2.05) is 0 Å². The second-order valence-corrected chi connectivity index (χ2v) is 2.71. The molecule has 0 fully saturated rings. The molecule has 0 amide bonds. The zero-order valence-electron chi connectivity index (χ0n) is 7.45. The summed E-state index contributed by atoms with van der Waals surface area (Å²) >= 11 is 0. The van der Waals surface area contributed by atoms with Gasteiger partial charge in [-0.3, -0.25) is 0 Å². The fourth-order valence-corrected chi connectivity index (χ4v) is 0.552. The Morgan fingerprint density at radius 1 is 1.21 bits per heavy atom. The number of ether oxygens (including phenoxy) is 1. The van der Waals surface area contributed by atoms with E-state index >= 15 is 0 Å². The number of carboxylic acids is 1. The highest BCUT2D eigenvalue weighted by atomic mass is 16.6. The monoisotopic (exact) mass is 208 g/mol. The van der Waals surface area contributed by atoms with Gasteiger partial charge in [-0.1, -0.05) is 0 Å². The fourth-order valence-electron chi connectivity index (χ4n) is 0.552. The van der Waals surface area contributed by atoms with E-state index < -0.39 is 30.3 Å². The van der Waals surface area contributed by atoms with Crippen molar-refractivity contribution < 1.29 is 34.8 Å². The zero-order chi connectivity index (χ0) is 11.3. The molecule has 3 atom stereocenters. The Hall–Kier alpha value is -1.18. The minimum Gasteiger partial charge on any atom is -0.479 e. The van der Waals surface area contributed by atoms with Crippen molar-refractivity contribution in [1.29, 1.82) is 0 Å². The SMILES string of the molecule is CC(O)COC(=O)C(O)C(O)C(=O)O. The van der Waals surface area contributed by atoms with Crippen molar-refractivity contribution in [3.05, 3.63) is 0 Å². The van der Waals surface area contributed by atoms with Crippen LogP contribution >= 0.6 is 0 Å². The summed E-state index contributed by atoms with van der Waals surface area (Å²) in [5, 5.41) is 34.5. The molecule has 0 heterocycles. The van der Waals surface area contributed by atoms with Crippen LogP contribution in [0.25, 0.3) is 0 Å². The topological polar surface area (TPSA) is 124 Å². The Bertz CT molecular complexity index is 212. The van der Waals surface area contributed by atoms with Gasteiger partial charge in [0, 0.05) is 0 Å². The van der Waals surface area contributed by atoms with E-state index in [0.717, 1.165) is 0 Å². The van der Waals surface area contributed by atoms with Gasteiger partial charge in [0.05, 0.1) is 6.10 Å². The van der Waals surface area contributed by atoms with Crippen molar-refractivity contribution in [3.63, 3.8) is 0 Å². The highest BCUT2D eigenvalue weighted by Crippen LogP contribution is 1.98. The van der Waals surface area contributed by atoms with Crippen LogP contribution in [0.3, 0.4) is 0 Å². The molecular weight excluding hydrogens is 196 g/mol. The van der Waals surface area contributed by atoms with Gasteiger partial charge in [-0.05, 0) is 6.92 Å². The van der Waals surface area contributed by atoms with Crippen LogP contribution in [0.5, 0.6) is 0 Å². The Morgan fingerprint density at radius 2 is 1.71 bits per heavy atom. The number of hydrogen-bond acceptors (Lipinski definition) is 6. The molecule has 4 N–H and O–H groups in total. The number of carbonyl (C=O) groups is 2. The van der Waals surface area contributed by atoms with Crippen molar-refractivity contribution in [2.75, 3.05) is 6.61 Å². The number of aliphatic hydroxyl groups is 3. The predicted molar refractivity (Wildman–Crippen MR) is 42.3 cm³/mol. The van der Waals surface area contributed by atoms with Gasteiger partial charge in [0.2, 0.25) is 0 Å². The lowest BCUT2D eigenvalue weighted by Gasteiger charge is -2.13. The van der Waals surface area contributed by atoms with Gasteiger partial charge in [0.15, 0.2) is 12.2 Å². The maximum absolute atomic E-state index is 10.8. The van der Waals surface area contributed by atoms with Gasteiger partial charge in [-0.2, -0.15) is 0 Å². The lowest BCUT2D eigenvalue weighted by Crippen LogP contribution is -2.41. The third kappa shape index (κ3) is 4.17. The summed E-state index contributed by atoms with van der Waals surface area (Å²) in [6.07, 6.45) is -5.30. The number of carbonyl (C=O) groups excluding carboxylic acids is 1. The summed E-state index contributed by atoms with van der Waals surface area (Å²) in [7, 11) is 0. The number of rotatable bonds is 5. The first-order valence-corrected chi connectivity index (χ1v) is 3.80. The number of aliphatic carboxylic acids is 1. The predicted octanol–water partition coefficient (Wildman–Crippen LogP) is -2.28. The third-order valence-electron chi connectivity index (χ3n) is 1.26. The van der Waals surface area contributed by atoms with Crippen LogP contribution < -0.4 is 0 Å². The average molecular weight is 208 g/mol. The third-order valence-corrected chi connectivity index (χ3v) is 1.26. The van der Waals surface area contributed by atoms with Gasteiger partial charge < -0.3 is 25.2 Å². The maximum Gasteiger partial charge on any atom is 0.338 e. The van der Waals surface area contributed by atoms with Crippen LogP contribution in [0, 0.1) is 0 Å². The highest BCUT2D eigenvalue weighted by Gasteiger charge is 2.31. The van der Waals surface area contributed by atoms with Crippen LogP contribution in [0.1, 0.15) is 6.92 Å². The average Bonchev–Trinajstić information content (AvgIpc) is 2.11. The largest absolute Gasteiger partial charge is 0.479 e. The molecule has 0 aliphatic carbocycles. The van der Waals surface area contributed by atoms with Crippen LogP contribution in [0.2, 0.25) is 0 Å². The van der Waals surface area contributed by atoms with E-state index in [1.165, 1.54) is 6.92 Å². The second-order valence-electron chi connectivity index (χ2n) is 2.71. The molecule has 0 aliphatic rings. The molecule has 0 saturated carbocycles. The molecule has 0 saturated heterocycles. The fraction of sp³-hybridized carbons (Fsp3) is 0.714. The van der Waals surface area contributed by atoms with Crippen molar-refractivity contribution in [1.82, 2.24) is 0 Å².